The SMILES string of the molecule is N#CC(CSCC1CCCC1)NC1CC1. The van der Waals surface area contributed by atoms with Gasteiger partial charge in [0.25, 0.3) is 0 Å². The first kappa shape index (κ1) is 11.3. The van der Waals surface area contributed by atoms with Gasteiger partial charge in [0.2, 0.25) is 0 Å². The number of nitriles is 1. The van der Waals surface area contributed by atoms with Crippen LogP contribution >= 0.6 is 11.8 Å². The molecule has 3 heteroatoms. The van der Waals surface area contributed by atoms with Crippen molar-refractivity contribution < 1.29 is 0 Å². The largest absolute Gasteiger partial charge is 0.298 e. The highest BCUT2D eigenvalue weighted by Gasteiger charge is 2.24. The summed E-state index contributed by atoms with van der Waals surface area (Å²) in [6.07, 6.45) is 8.22. The van der Waals surface area contributed by atoms with Crippen LogP contribution in [0.5, 0.6) is 0 Å². The van der Waals surface area contributed by atoms with E-state index in [0.29, 0.717) is 6.04 Å². The average molecular weight is 224 g/mol. The van der Waals surface area contributed by atoms with Crippen molar-refractivity contribution in [2.45, 2.75) is 50.6 Å². The Morgan fingerprint density at radius 1 is 1.27 bits per heavy atom. The van der Waals surface area contributed by atoms with Crippen LogP contribution in [0.1, 0.15) is 38.5 Å². The van der Waals surface area contributed by atoms with Gasteiger partial charge in [-0.15, -0.1) is 0 Å². The van der Waals surface area contributed by atoms with E-state index in [9.17, 15) is 0 Å². The minimum Gasteiger partial charge on any atom is -0.298 e. The molecule has 84 valence electrons. The highest BCUT2D eigenvalue weighted by atomic mass is 32.2. The normalized spacial score (nSPS) is 23.9. The number of rotatable bonds is 6. The van der Waals surface area contributed by atoms with Crippen molar-refractivity contribution in [3.63, 3.8) is 0 Å². The molecule has 0 spiro atoms. The summed E-state index contributed by atoms with van der Waals surface area (Å²) in [6.45, 7) is 0. The molecule has 2 aliphatic carbocycles. The first-order valence-corrected chi connectivity index (χ1v) is 7.27. The Hall–Kier alpha value is -0.200. The standard InChI is InChI=1S/C12H20N2S/c13-7-12(14-11-5-6-11)9-15-8-10-3-1-2-4-10/h10-12,14H,1-6,8-9H2. The maximum absolute atomic E-state index is 8.97. The number of nitrogens with one attached hydrogen (secondary N) is 1. The highest BCUT2D eigenvalue weighted by Crippen LogP contribution is 2.28. The fourth-order valence-corrected chi connectivity index (χ4v) is 3.40. The van der Waals surface area contributed by atoms with Crippen molar-refractivity contribution in [2.75, 3.05) is 11.5 Å². The van der Waals surface area contributed by atoms with Crippen molar-refractivity contribution in [1.82, 2.24) is 5.32 Å². The van der Waals surface area contributed by atoms with Crippen molar-refractivity contribution in [3.8, 4) is 6.07 Å². The fourth-order valence-electron chi connectivity index (χ4n) is 2.19. The van der Waals surface area contributed by atoms with E-state index >= 15 is 0 Å². The van der Waals surface area contributed by atoms with Gasteiger partial charge in [0.05, 0.1) is 6.07 Å². The molecule has 0 aromatic rings. The molecule has 0 radical (unpaired) electrons. The van der Waals surface area contributed by atoms with Crippen molar-refractivity contribution in [2.24, 2.45) is 5.92 Å². The van der Waals surface area contributed by atoms with E-state index in [1.807, 2.05) is 11.8 Å². The third-order valence-electron chi connectivity index (χ3n) is 3.28. The molecule has 1 N–H and O–H groups in total. The number of hydrogen-bond donors (Lipinski definition) is 1. The van der Waals surface area contributed by atoms with E-state index in [1.165, 1.54) is 44.3 Å². The van der Waals surface area contributed by atoms with Crippen molar-refractivity contribution in [1.29, 1.82) is 5.26 Å². The number of nitrogens with zero attached hydrogens (tertiary/aromatic N) is 1. The Kier molecular flexibility index (Phi) is 4.34. The highest BCUT2D eigenvalue weighted by molar-refractivity contribution is 7.99. The summed E-state index contributed by atoms with van der Waals surface area (Å²) in [5, 5.41) is 12.4. The predicted molar refractivity (Wildman–Crippen MR) is 64.8 cm³/mol. The fraction of sp³-hybridized carbons (Fsp3) is 0.917. The Morgan fingerprint density at radius 3 is 2.60 bits per heavy atom. The molecule has 0 aromatic carbocycles. The van der Waals surface area contributed by atoms with Crippen molar-refractivity contribution in [3.05, 3.63) is 0 Å². The van der Waals surface area contributed by atoms with Gasteiger partial charge in [-0.2, -0.15) is 17.0 Å². The second kappa shape index (κ2) is 5.77. The van der Waals surface area contributed by atoms with Crippen LogP contribution in [-0.2, 0) is 0 Å². The molecule has 2 rings (SSSR count). The van der Waals surface area contributed by atoms with Crippen LogP contribution in [0.2, 0.25) is 0 Å². The topological polar surface area (TPSA) is 35.8 Å². The molecule has 0 amide bonds. The summed E-state index contributed by atoms with van der Waals surface area (Å²) in [5.41, 5.74) is 0. The van der Waals surface area contributed by atoms with Crippen LogP contribution in [-0.4, -0.2) is 23.6 Å². The van der Waals surface area contributed by atoms with Gasteiger partial charge in [0.1, 0.15) is 6.04 Å². The monoisotopic (exact) mass is 224 g/mol. The lowest BCUT2D eigenvalue weighted by atomic mass is 10.1. The van der Waals surface area contributed by atoms with E-state index in [1.54, 1.807) is 0 Å². The minimum absolute atomic E-state index is 0.0869. The van der Waals surface area contributed by atoms with E-state index in [-0.39, 0.29) is 6.04 Å². The van der Waals surface area contributed by atoms with Crippen LogP contribution in [0.3, 0.4) is 0 Å². The molecular weight excluding hydrogens is 204 g/mol. The third kappa shape index (κ3) is 4.04. The van der Waals surface area contributed by atoms with Gasteiger partial charge in [-0.25, -0.2) is 0 Å². The molecule has 0 heterocycles. The molecule has 2 fully saturated rings. The molecule has 0 saturated heterocycles. The summed E-state index contributed by atoms with van der Waals surface area (Å²) >= 11 is 1.97. The van der Waals surface area contributed by atoms with Gasteiger partial charge in [0.15, 0.2) is 0 Å². The summed E-state index contributed by atoms with van der Waals surface area (Å²) in [6, 6.07) is 3.11. The van der Waals surface area contributed by atoms with Gasteiger partial charge in [-0.05, 0) is 37.4 Å². The molecule has 1 unspecified atom stereocenters. The first-order valence-electron chi connectivity index (χ1n) is 6.12. The summed E-state index contributed by atoms with van der Waals surface area (Å²) in [5.74, 6) is 3.18. The van der Waals surface area contributed by atoms with Crippen molar-refractivity contribution >= 4 is 11.8 Å². The summed E-state index contributed by atoms with van der Waals surface area (Å²) in [4.78, 5) is 0. The second-order valence-corrected chi connectivity index (χ2v) is 5.89. The summed E-state index contributed by atoms with van der Waals surface area (Å²) in [7, 11) is 0. The maximum atomic E-state index is 8.97. The van der Waals surface area contributed by atoms with E-state index in [4.69, 9.17) is 5.26 Å². The van der Waals surface area contributed by atoms with Gasteiger partial charge in [0, 0.05) is 11.8 Å². The van der Waals surface area contributed by atoms with Gasteiger partial charge in [-0.1, -0.05) is 12.8 Å². The molecule has 2 saturated carbocycles. The second-order valence-electron chi connectivity index (χ2n) is 4.81. The average Bonchev–Trinajstić information content (AvgIpc) is 2.91. The first-order chi connectivity index (χ1) is 7.38. The lowest BCUT2D eigenvalue weighted by Crippen LogP contribution is -2.31. The van der Waals surface area contributed by atoms with E-state index in [2.05, 4.69) is 11.4 Å². The molecule has 0 aliphatic heterocycles. The minimum atomic E-state index is 0.0869. The lowest BCUT2D eigenvalue weighted by Gasteiger charge is -2.12. The van der Waals surface area contributed by atoms with Crippen LogP contribution in [0, 0.1) is 17.2 Å². The maximum Gasteiger partial charge on any atom is 0.105 e. The van der Waals surface area contributed by atoms with Crippen LogP contribution < -0.4 is 5.32 Å². The zero-order valence-electron chi connectivity index (χ0n) is 9.24. The Balaban J connectivity index is 1.56. The third-order valence-corrected chi connectivity index (χ3v) is 4.56. The zero-order chi connectivity index (χ0) is 10.5. The molecule has 1 atom stereocenters. The Morgan fingerprint density at radius 2 is 2.00 bits per heavy atom. The van der Waals surface area contributed by atoms with Gasteiger partial charge < -0.3 is 0 Å². The van der Waals surface area contributed by atoms with Gasteiger partial charge in [-0.3, -0.25) is 5.32 Å². The lowest BCUT2D eigenvalue weighted by molar-refractivity contribution is 0.618. The molecular formula is C12H20N2S. The smallest absolute Gasteiger partial charge is 0.105 e. The van der Waals surface area contributed by atoms with E-state index in [0.717, 1.165) is 11.7 Å². The zero-order valence-corrected chi connectivity index (χ0v) is 10.1. The Bertz CT molecular complexity index is 226. The van der Waals surface area contributed by atoms with Gasteiger partial charge >= 0.3 is 0 Å². The quantitative estimate of drug-likeness (QED) is 0.753. The number of hydrogen-bond acceptors (Lipinski definition) is 3. The molecule has 0 aromatic heterocycles. The summed E-state index contributed by atoms with van der Waals surface area (Å²) < 4.78 is 0. The molecule has 0 bridgehead atoms. The Labute approximate surface area is 96.8 Å². The predicted octanol–water partition coefficient (Wildman–Crippen LogP) is 2.55. The van der Waals surface area contributed by atoms with Crippen LogP contribution in [0.15, 0.2) is 0 Å². The van der Waals surface area contributed by atoms with Crippen LogP contribution in [0.4, 0.5) is 0 Å². The van der Waals surface area contributed by atoms with E-state index < -0.39 is 0 Å². The molecule has 15 heavy (non-hydrogen) atoms. The molecule has 2 nitrogen and oxygen atoms in total. The van der Waals surface area contributed by atoms with Crippen LogP contribution in [0.25, 0.3) is 0 Å². The number of thioether (sulfide) groups is 1. The molecule has 2 aliphatic rings.